The molecule has 0 amide bonds. The third kappa shape index (κ3) is 1.99. The summed E-state index contributed by atoms with van der Waals surface area (Å²) in [7, 11) is 0. The number of ether oxygens (including phenoxy) is 1. The van der Waals surface area contributed by atoms with Crippen molar-refractivity contribution in [2.24, 2.45) is 0 Å². The van der Waals surface area contributed by atoms with Gasteiger partial charge in [-0.3, -0.25) is 0 Å². The van der Waals surface area contributed by atoms with Crippen molar-refractivity contribution in [2.45, 2.75) is 63.3 Å². The number of hydrogen-bond donors (Lipinski definition) is 1. The van der Waals surface area contributed by atoms with Crippen molar-refractivity contribution in [3.05, 3.63) is 0 Å². The van der Waals surface area contributed by atoms with Crippen LogP contribution in [0.3, 0.4) is 0 Å². The van der Waals surface area contributed by atoms with E-state index in [4.69, 9.17) is 4.74 Å². The normalized spacial score (nSPS) is 37.8. The predicted octanol–water partition coefficient (Wildman–Crippen LogP) is 1.86. The van der Waals surface area contributed by atoms with E-state index >= 15 is 0 Å². The number of rotatable bonds is 2. The summed E-state index contributed by atoms with van der Waals surface area (Å²) >= 11 is 0. The maximum absolute atomic E-state index is 9.29. The van der Waals surface area contributed by atoms with Crippen LogP contribution in [0.5, 0.6) is 0 Å². The molecular weight excluding hydrogens is 152 g/mol. The SMILES string of the molecule is OC1CCC(OC2CCCC2)C1. The maximum Gasteiger partial charge on any atom is 0.0604 e. The van der Waals surface area contributed by atoms with E-state index in [0.29, 0.717) is 12.2 Å². The summed E-state index contributed by atoms with van der Waals surface area (Å²) in [6.07, 6.45) is 8.82. The smallest absolute Gasteiger partial charge is 0.0604 e. The first-order valence-corrected chi connectivity index (χ1v) is 5.18. The van der Waals surface area contributed by atoms with Gasteiger partial charge in [0, 0.05) is 0 Å². The highest BCUT2D eigenvalue weighted by molar-refractivity contribution is 4.77. The van der Waals surface area contributed by atoms with Crippen molar-refractivity contribution < 1.29 is 9.84 Å². The summed E-state index contributed by atoms with van der Waals surface area (Å²) in [5, 5.41) is 9.29. The van der Waals surface area contributed by atoms with Crippen LogP contribution in [0.4, 0.5) is 0 Å². The summed E-state index contributed by atoms with van der Waals surface area (Å²) < 4.78 is 5.88. The van der Waals surface area contributed by atoms with Gasteiger partial charge >= 0.3 is 0 Å². The molecule has 2 fully saturated rings. The second kappa shape index (κ2) is 3.75. The number of aliphatic hydroxyl groups excluding tert-OH is 1. The van der Waals surface area contributed by atoms with Crippen molar-refractivity contribution in [1.29, 1.82) is 0 Å². The molecular formula is C10H18O2. The fraction of sp³-hybridized carbons (Fsp3) is 1.00. The van der Waals surface area contributed by atoms with Crippen LogP contribution in [0.1, 0.15) is 44.9 Å². The van der Waals surface area contributed by atoms with Gasteiger partial charge in [0.2, 0.25) is 0 Å². The average Bonchev–Trinajstić information content (AvgIpc) is 2.63. The Bertz CT molecular complexity index is 141. The van der Waals surface area contributed by atoms with Crippen LogP contribution in [-0.4, -0.2) is 23.4 Å². The van der Waals surface area contributed by atoms with Crippen LogP contribution in [0, 0.1) is 0 Å². The van der Waals surface area contributed by atoms with Gasteiger partial charge < -0.3 is 9.84 Å². The lowest BCUT2D eigenvalue weighted by Gasteiger charge is -2.16. The molecule has 12 heavy (non-hydrogen) atoms. The van der Waals surface area contributed by atoms with Gasteiger partial charge in [-0.2, -0.15) is 0 Å². The Morgan fingerprint density at radius 3 is 2.25 bits per heavy atom. The molecule has 70 valence electrons. The molecule has 0 bridgehead atoms. The van der Waals surface area contributed by atoms with Crippen molar-refractivity contribution in [3.63, 3.8) is 0 Å². The first-order valence-electron chi connectivity index (χ1n) is 5.18. The summed E-state index contributed by atoms with van der Waals surface area (Å²) in [6.45, 7) is 0. The van der Waals surface area contributed by atoms with Crippen LogP contribution in [-0.2, 0) is 4.74 Å². The van der Waals surface area contributed by atoms with Crippen molar-refractivity contribution in [2.75, 3.05) is 0 Å². The molecule has 0 aliphatic heterocycles. The topological polar surface area (TPSA) is 29.5 Å². The molecule has 2 atom stereocenters. The minimum Gasteiger partial charge on any atom is -0.393 e. The average molecular weight is 170 g/mol. The molecule has 2 heteroatoms. The van der Waals surface area contributed by atoms with E-state index in [1.165, 1.54) is 25.7 Å². The van der Waals surface area contributed by atoms with Gasteiger partial charge in [0.05, 0.1) is 18.3 Å². The van der Waals surface area contributed by atoms with E-state index in [0.717, 1.165) is 19.3 Å². The standard InChI is InChI=1S/C10H18O2/c11-8-5-6-10(7-8)12-9-3-1-2-4-9/h8-11H,1-7H2. The molecule has 1 N–H and O–H groups in total. The second-order valence-corrected chi connectivity index (χ2v) is 4.13. The number of aliphatic hydroxyl groups is 1. The summed E-state index contributed by atoms with van der Waals surface area (Å²) in [5.41, 5.74) is 0. The first-order chi connectivity index (χ1) is 5.84. The zero-order chi connectivity index (χ0) is 8.39. The molecule has 0 aromatic carbocycles. The van der Waals surface area contributed by atoms with Crippen molar-refractivity contribution >= 4 is 0 Å². The molecule has 0 spiro atoms. The third-order valence-electron chi connectivity index (χ3n) is 3.04. The van der Waals surface area contributed by atoms with Gasteiger partial charge in [-0.25, -0.2) is 0 Å². The molecule has 0 aromatic rings. The molecule has 2 rings (SSSR count). The fourth-order valence-corrected chi connectivity index (χ4v) is 2.34. The molecule has 2 aliphatic carbocycles. The lowest BCUT2D eigenvalue weighted by Crippen LogP contribution is -2.17. The Morgan fingerprint density at radius 1 is 0.917 bits per heavy atom. The van der Waals surface area contributed by atoms with Gasteiger partial charge in [-0.15, -0.1) is 0 Å². The van der Waals surface area contributed by atoms with Gasteiger partial charge in [-0.1, -0.05) is 12.8 Å². The minimum atomic E-state index is -0.0867. The Kier molecular flexibility index (Phi) is 2.66. The summed E-state index contributed by atoms with van der Waals surface area (Å²) in [5.74, 6) is 0. The lowest BCUT2D eigenvalue weighted by atomic mass is 10.2. The molecule has 0 radical (unpaired) electrons. The van der Waals surface area contributed by atoms with Gasteiger partial charge in [0.1, 0.15) is 0 Å². The second-order valence-electron chi connectivity index (χ2n) is 4.13. The molecule has 2 unspecified atom stereocenters. The molecule has 2 saturated carbocycles. The van der Waals surface area contributed by atoms with E-state index in [9.17, 15) is 5.11 Å². The highest BCUT2D eigenvalue weighted by atomic mass is 16.5. The van der Waals surface area contributed by atoms with Crippen LogP contribution in [0.15, 0.2) is 0 Å². The van der Waals surface area contributed by atoms with E-state index < -0.39 is 0 Å². The maximum atomic E-state index is 9.29. The quantitative estimate of drug-likeness (QED) is 0.685. The van der Waals surface area contributed by atoms with Crippen molar-refractivity contribution in [1.82, 2.24) is 0 Å². The molecule has 2 nitrogen and oxygen atoms in total. The Morgan fingerprint density at radius 2 is 1.67 bits per heavy atom. The van der Waals surface area contributed by atoms with E-state index in [2.05, 4.69) is 0 Å². The van der Waals surface area contributed by atoms with Gasteiger partial charge in [-0.05, 0) is 32.1 Å². The Labute approximate surface area is 73.9 Å². The van der Waals surface area contributed by atoms with Gasteiger partial charge in [0.15, 0.2) is 0 Å². The van der Waals surface area contributed by atoms with Crippen LogP contribution >= 0.6 is 0 Å². The monoisotopic (exact) mass is 170 g/mol. The van der Waals surface area contributed by atoms with Crippen molar-refractivity contribution in [3.8, 4) is 0 Å². The zero-order valence-corrected chi connectivity index (χ0v) is 7.54. The number of hydrogen-bond acceptors (Lipinski definition) is 2. The largest absolute Gasteiger partial charge is 0.393 e. The fourth-order valence-electron chi connectivity index (χ4n) is 2.34. The van der Waals surface area contributed by atoms with Crippen LogP contribution < -0.4 is 0 Å². The predicted molar refractivity (Wildman–Crippen MR) is 47.0 cm³/mol. The summed E-state index contributed by atoms with van der Waals surface area (Å²) in [6, 6.07) is 0. The van der Waals surface area contributed by atoms with E-state index in [1.807, 2.05) is 0 Å². The molecule has 2 aliphatic rings. The van der Waals surface area contributed by atoms with Crippen LogP contribution in [0.25, 0.3) is 0 Å². The zero-order valence-electron chi connectivity index (χ0n) is 7.54. The first kappa shape index (κ1) is 8.52. The minimum absolute atomic E-state index is 0.0867. The molecule has 0 aromatic heterocycles. The molecule has 0 heterocycles. The highest BCUT2D eigenvalue weighted by Gasteiger charge is 2.27. The van der Waals surface area contributed by atoms with E-state index in [1.54, 1.807) is 0 Å². The Hall–Kier alpha value is -0.0800. The molecule has 0 saturated heterocycles. The Balaban J connectivity index is 1.72. The van der Waals surface area contributed by atoms with E-state index in [-0.39, 0.29) is 6.10 Å². The lowest BCUT2D eigenvalue weighted by molar-refractivity contribution is -0.00968. The summed E-state index contributed by atoms with van der Waals surface area (Å²) in [4.78, 5) is 0. The highest BCUT2D eigenvalue weighted by Crippen LogP contribution is 2.28. The van der Waals surface area contributed by atoms with Gasteiger partial charge in [0.25, 0.3) is 0 Å². The van der Waals surface area contributed by atoms with Crippen LogP contribution in [0.2, 0.25) is 0 Å². The third-order valence-corrected chi connectivity index (χ3v) is 3.04.